The standard InChI is InChI=1S/C6H12N4/c1-2-3-5(7)6-8-4-9-10-6/h4-5H,2-3,7H2,1H3,(H,8,9,10)/t5-/m0/s1. The Morgan fingerprint density at radius 1 is 1.80 bits per heavy atom. The molecule has 56 valence electrons. The van der Waals surface area contributed by atoms with Crippen molar-refractivity contribution < 1.29 is 0 Å². The molecule has 0 aromatic carbocycles. The lowest BCUT2D eigenvalue weighted by Gasteiger charge is -2.03. The van der Waals surface area contributed by atoms with Gasteiger partial charge in [-0.05, 0) is 6.42 Å². The lowest BCUT2D eigenvalue weighted by molar-refractivity contribution is 0.604. The van der Waals surface area contributed by atoms with Crippen molar-refractivity contribution in [2.45, 2.75) is 25.8 Å². The average molecular weight is 140 g/mol. The molecule has 1 aromatic rings. The van der Waals surface area contributed by atoms with Gasteiger partial charge in [0, 0.05) is 0 Å². The van der Waals surface area contributed by atoms with Gasteiger partial charge in [-0.1, -0.05) is 13.3 Å². The lowest BCUT2D eigenvalue weighted by atomic mass is 10.2. The van der Waals surface area contributed by atoms with Crippen molar-refractivity contribution in [3.8, 4) is 0 Å². The van der Waals surface area contributed by atoms with Gasteiger partial charge in [0.05, 0.1) is 6.04 Å². The van der Waals surface area contributed by atoms with Gasteiger partial charge >= 0.3 is 0 Å². The van der Waals surface area contributed by atoms with Gasteiger partial charge in [0.25, 0.3) is 0 Å². The Morgan fingerprint density at radius 2 is 2.60 bits per heavy atom. The molecule has 0 saturated carbocycles. The van der Waals surface area contributed by atoms with E-state index in [1.807, 2.05) is 0 Å². The summed E-state index contributed by atoms with van der Waals surface area (Å²) in [6, 6.07) is 0.0208. The van der Waals surface area contributed by atoms with Gasteiger partial charge in [0.2, 0.25) is 0 Å². The maximum Gasteiger partial charge on any atom is 0.141 e. The normalized spacial score (nSPS) is 13.4. The highest BCUT2D eigenvalue weighted by molar-refractivity contribution is 4.88. The van der Waals surface area contributed by atoms with E-state index in [0.717, 1.165) is 18.7 Å². The first-order valence-electron chi connectivity index (χ1n) is 3.45. The monoisotopic (exact) mass is 140 g/mol. The minimum atomic E-state index is 0.0208. The minimum Gasteiger partial charge on any atom is -0.321 e. The van der Waals surface area contributed by atoms with Crippen molar-refractivity contribution in [2.24, 2.45) is 5.73 Å². The van der Waals surface area contributed by atoms with Gasteiger partial charge in [0.1, 0.15) is 12.2 Å². The fourth-order valence-electron chi connectivity index (χ4n) is 0.841. The van der Waals surface area contributed by atoms with Crippen LogP contribution in [0.15, 0.2) is 6.33 Å². The summed E-state index contributed by atoms with van der Waals surface area (Å²) in [6.45, 7) is 2.09. The average Bonchev–Trinajstić information content (AvgIpc) is 2.38. The van der Waals surface area contributed by atoms with Crippen LogP contribution in [-0.4, -0.2) is 15.2 Å². The van der Waals surface area contributed by atoms with Crippen LogP contribution in [0.25, 0.3) is 0 Å². The maximum absolute atomic E-state index is 5.72. The van der Waals surface area contributed by atoms with E-state index in [1.165, 1.54) is 6.33 Å². The second-order valence-corrected chi connectivity index (χ2v) is 2.27. The molecule has 10 heavy (non-hydrogen) atoms. The van der Waals surface area contributed by atoms with Gasteiger partial charge in [-0.25, -0.2) is 4.98 Å². The van der Waals surface area contributed by atoms with E-state index in [1.54, 1.807) is 0 Å². The van der Waals surface area contributed by atoms with E-state index in [0.29, 0.717) is 0 Å². The zero-order chi connectivity index (χ0) is 7.40. The highest BCUT2D eigenvalue weighted by Gasteiger charge is 2.05. The van der Waals surface area contributed by atoms with Crippen LogP contribution in [0.5, 0.6) is 0 Å². The van der Waals surface area contributed by atoms with Gasteiger partial charge < -0.3 is 5.73 Å². The van der Waals surface area contributed by atoms with Crippen molar-refractivity contribution in [1.82, 2.24) is 15.2 Å². The number of hydrogen-bond acceptors (Lipinski definition) is 3. The van der Waals surface area contributed by atoms with Gasteiger partial charge in [0.15, 0.2) is 0 Å². The Bertz CT molecular complexity index is 170. The van der Waals surface area contributed by atoms with Crippen molar-refractivity contribution in [3.05, 3.63) is 12.2 Å². The molecule has 1 heterocycles. The second kappa shape index (κ2) is 3.31. The molecular formula is C6H12N4. The van der Waals surface area contributed by atoms with E-state index >= 15 is 0 Å². The number of nitrogens with zero attached hydrogens (tertiary/aromatic N) is 2. The van der Waals surface area contributed by atoms with Crippen LogP contribution < -0.4 is 5.73 Å². The van der Waals surface area contributed by atoms with E-state index in [2.05, 4.69) is 22.1 Å². The molecule has 0 spiro atoms. The summed E-state index contributed by atoms with van der Waals surface area (Å²) in [5.41, 5.74) is 5.72. The predicted molar refractivity (Wildman–Crippen MR) is 38.2 cm³/mol. The number of nitrogens with one attached hydrogen (secondary N) is 1. The van der Waals surface area contributed by atoms with Crippen molar-refractivity contribution in [3.63, 3.8) is 0 Å². The van der Waals surface area contributed by atoms with Crippen molar-refractivity contribution >= 4 is 0 Å². The minimum absolute atomic E-state index is 0.0208. The summed E-state index contributed by atoms with van der Waals surface area (Å²) in [5.74, 6) is 0.779. The number of hydrogen-bond donors (Lipinski definition) is 2. The molecule has 0 unspecified atom stereocenters. The first-order valence-corrected chi connectivity index (χ1v) is 3.45. The Morgan fingerprint density at radius 3 is 3.10 bits per heavy atom. The molecule has 0 radical (unpaired) electrons. The van der Waals surface area contributed by atoms with Crippen LogP contribution in [0, 0.1) is 0 Å². The molecule has 0 bridgehead atoms. The maximum atomic E-state index is 5.72. The highest BCUT2D eigenvalue weighted by atomic mass is 15.2. The van der Waals surface area contributed by atoms with Crippen molar-refractivity contribution in [2.75, 3.05) is 0 Å². The second-order valence-electron chi connectivity index (χ2n) is 2.27. The van der Waals surface area contributed by atoms with Crippen LogP contribution in [0.4, 0.5) is 0 Å². The van der Waals surface area contributed by atoms with Gasteiger partial charge in [-0.15, -0.1) is 0 Å². The largest absolute Gasteiger partial charge is 0.321 e. The van der Waals surface area contributed by atoms with E-state index in [9.17, 15) is 0 Å². The molecule has 0 aliphatic carbocycles. The molecule has 1 aromatic heterocycles. The summed E-state index contributed by atoms with van der Waals surface area (Å²) in [6.07, 6.45) is 3.50. The summed E-state index contributed by atoms with van der Waals surface area (Å²) in [7, 11) is 0. The molecular weight excluding hydrogens is 128 g/mol. The molecule has 0 fully saturated rings. The number of aromatic nitrogens is 3. The molecule has 3 N–H and O–H groups in total. The van der Waals surface area contributed by atoms with Crippen LogP contribution >= 0.6 is 0 Å². The van der Waals surface area contributed by atoms with E-state index in [-0.39, 0.29) is 6.04 Å². The Labute approximate surface area is 59.8 Å². The summed E-state index contributed by atoms with van der Waals surface area (Å²) in [4.78, 5) is 3.94. The quantitative estimate of drug-likeness (QED) is 0.646. The van der Waals surface area contributed by atoms with Crippen LogP contribution in [0.1, 0.15) is 31.6 Å². The number of nitrogens with two attached hydrogens (primary N) is 1. The fourth-order valence-corrected chi connectivity index (χ4v) is 0.841. The third-order valence-corrected chi connectivity index (χ3v) is 1.38. The zero-order valence-electron chi connectivity index (χ0n) is 6.04. The number of rotatable bonds is 3. The first-order chi connectivity index (χ1) is 4.84. The van der Waals surface area contributed by atoms with Gasteiger partial charge in [-0.2, -0.15) is 5.10 Å². The summed E-state index contributed by atoms with van der Waals surface area (Å²) in [5, 5.41) is 6.44. The lowest BCUT2D eigenvalue weighted by Crippen LogP contribution is -2.11. The molecule has 1 rings (SSSR count). The molecule has 0 amide bonds. The highest BCUT2D eigenvalue weighted by Crippen LogP contribution is 2.08. The predicted octanol–water partition coefficient (Wildman–Crippen LogP) is 0.605. The van der Waals surface area contributed by atoms with Crippen LogP contribution in [0.2, 0.25) is 0 Å². The molecule has 1 atom stereocenters. The number of H-pyrrole nitrogens is 1. The number of aromatic amines is 1. The van der Waals surface area contributed by atoms with Gasteiger partial charge in [-0.3, -0.25) is 5.10 Å². The molecule has 0 saturated heterocycles. The smallest absolute Gasteiger partial charge is 0.141 e. The topological polar surface area (TPSA) is 67.6 Å². The van der Waals surface area contributed by atoms with Crippen LogP contribution in [0.3, 0.4) is 0 Å². The summed E-state index contributed by atoms with van der Waals surface area (Å²) >= 11 is 0. The fraction of sp³-hybridized carbons (Fsp3) is 0.667. The zero-order valence-corrected chi connectivity index (χ0v) is 6.04. The summed E-state index contributed by atoms with van der Waals surface area (Å²) < 4.78 is 0. The Hall–Kier alpha value is -0.900. The first kappa shape index (κ1) is 7.21. The van der Waals surface area contributed by atoms with E-state index in [4.69, 9.17) is 5.73 Å². The SMILES string of the molecule is CCC[C@H](N)c1ncn[nH]1. The van der Waals surface area contributed by atoms with Crippen LogP contribution in [-0.2, 0) is 0 Å². The Balaban J connectivity index is 2.50. The third kappa shape index (κ3) is 1.54. The molecule has 0 aliphatic rings. The molecule has 4 heteroatoms. The Kier molecular flexibility index (Phi) is 2.39. The van der Waals surface area contributed by atoms with E-state index < -0.39 is 0 Å². The molecule has 0 aliphatic heterocycles. The molecule has 4 nitrogen and oxygen atoms in total. The van der Waals surface area contributed by atoms with Crippen molar-refractivity contribution in [1.29, 1.82) is 0 Å². The third-order valence-electron chi connectivity index (χ3n) is 1.38.